The number of H-pyrrole nitrogens is 1. The summed E-state index contributed by atoms with van der Waals surface area (Å²) in [6.45, 7) is 6.82. The number of carbonyl (C=O) groups is 2. The van der Waals surface area contributed by atoms with Gasteiger partial charge < -0.3 is 9.72 Å². The van der Waals surface area contributed by atoms with Crippen molar-refractivity contribution in [1.29, 1.82) is 0 Å². The quantitative estimate of drug-likeness (QED) is 0.597. The zero-order valence-electron chi connectivity index (χ0n) is 15.0. The van der Waals surface area contributed by atoms with Crippen LogP contribution in [0.1, 0.15) is 30.7 Å². The van der Waals surface area contributed by atoms with Gasteiger partial charge in [0.2, 0.25) is 5.91 Å². The zero-order chi connectivity index (χ0) is 18.8. The highest BCUT2D eigenvalue weighted by atomic mass is 32.2. The van der Waals surface area contributed by atoms with Crippen molar-refractivity contribution < 1.29 is 14.3 Å². The SMILES string of the molecule is CC[C@H](C)Cc1c(C)sc2nc(SCC(=O)N3CCOC3=O)[nH]c(=O)c12. The summed E-state index contributed by atoms with van der Waals surface area (Å²) in [5.74, 6) is 0.172. The second-order valence-electron chi connectivity index (χ2n) is 6.35. The number of aryl methyl sites for hydroxylation is 1. The van der Waals surface area contributed by atoms with Crippen LogP contribution in [0, 0.1) is 12.8 Å². The third-order valence-electron chi connectivity index (χ3n) is 4.48. The van der Waals surface area contributed by atoms with E-state index in [2.05, 4.69) is 23.8 Å². The fourth-order valence-electron chi connectivity index (χ4n) is 2.79. The van der Waals surface area contributed by atoms with Gasteiger partial charge >= 0.3 is 6.09 Å². The van der Waals surface area contributed by atoms with Gasteiger partial charge in [0.05, 0.1) is 17.7 Å². The van der Waals surface area contributed by atoms with Crippen LogP contribution >= 0.6 is 23.1 Å². The molecule has 2 amide bonds. The second-order valence-corrected chi connectivity index (χ2v) is 8.52. The molecule has 0 aromatic carbocycles. The molecule has 0 radical (unpaired) electrons. The number of ether oxygens (including phenoxy) is 1. The number of aromatic amines is 1. The molecule has 1 fully saturated rings. The predicted octanol–water partition coefficient (Wildman–Crippen LogP) is 2.95. The van der Waals surface area contributed by atoms with Crippen molar-refractivity contribution in [3.8, 4) is 0 Å². The van der Waals surface area contributed by atoms with E-state index < -0.39 is 6.09 Å². The van der Waals surface area contributed by atoms with E-state index >= 15 is 0 Å². The Morgan fingerprint density at radius 2 is 2.23 bits per heavy atom. The molecule has 1 N–H and O–H groups in total. The van der Waals surface area contributed by atoms with Crippen LogP contribution in [-0.4, -0.2) is 45.8 Å². The van der Waals surface area contributed by atoms with E-state index in [9.17, 15) is 14.4 Å². The molecule has 1 atom stereocenters. The Hall–Kier alpha value is -1.87. The number of thiophene rings is 1. The van der Waals surface area contributed by atoms with Crippen molar-refractivity contribution in [3.05, 3.63) is 20.8 Å². The number of nitrogens with one attached hydrogen (secondary N) is 1. The number of amides is 2. The first-order valence-electron chi connectivity index (χ1n) is 8.52. The maximum Gasteiger partial charge on any atom is 0.416 e. The molecule has 0 saturated carbocycles. The number of carbonyl (C=O) groups excluding carboxylic acids is 2. The minimum atomic E-state index is -0.615. The molecule has 2 aromatic heterocycles. The normalized spacial score (nSPS) is 15.5. The maximum atomic E-state index is 12.6. The van der Waals surface area contributed by atoms with E-state index in [0.717, 1.165) is 39.9 Å². The standard InChI is InChI=1S/C17H21N3O4S2/c1-4-9(2)7-11-10(3)26-15-13(11)14(22)18-16(19-15)25-8-12(21)20-5-6-24-17(20)23/h9H,4-8H2,1-3H3,(H,18,19,22)/t9-/m0/s1. The van der Waals surface area contributed by atoms with Crippen molar-refractivity contribution in [1.82, 2.24) is 14.9 Å². The van der Waals surface area contributed by atoms with E-state index in [0.29, 0.717) is 21.3 Å². The Kier molecular flexibility index (Phi) is 5.67. The lowest BCUT2D eigenvalue weighted by Gasteiger charge is -2.10. The first-order chi connectivity index (χ1) is 12.4. The van der Waals surface area contributed by atoms with Crippen LogP contribution in [0.5, 0.6) is 0 Å². The Morgan fingerprint density at radius 3 is 2.88 bits per heavy atom. The van der Waals surface area contributed by atoms with Crippen LogP contribution in [0.25, 0.3) is 10.2 Å². The van der Waals surface area contributed by atoms with Crippen LogP contribution in [-0.2, 0) is 16.0 Å². The third-order valence-corrected chi connectivity index (χ3v) is 6.38. The Balaban J connectivity index is 1.80. The van der Waals surface area contributed by atoms with Gasteiger partial charge in [0.25, 0.3) is 5.56 Å². The number of hydrogen-bond donors (Lipinski definition) is 1. The van der Waals surface area contributed by atoms with E-state index in [1.165, 1.54) is 11.3 Å². The number of cyclic esters (lactones) is 1. The average molecular weight is 396 g/mol. The van der Waals surface area contributed by atoms with E-state index in [-0.39, 0.29) is 30.4 Å². The lowest BCUT2D eigenvalue weighted by Crippen LogP contribution is -2.33. The number of rotatable bonds is 6. The predicted molar refractivity (Wildman–Crippen MR) is 102 cm³/mol. The Morgan fingerprint density at radius 1 is 1.46 bits per heavy atom. The van der Waals surface area contributed by atoms with Crippen molar-refractivity contribution in [2.45, 2.75) is 38.8 Å². The molecule has 1 aliphatic heterocycles. The van der Waals surface area contributed by atoms with Gasteiger partial charge in [-0.3, -0.25) is 9.59 Å². The molecule has 0 bridgehead atoms. The van der Waals surface area contributed by atoms with Crippen LogP contribution in [0.3, 0.4) is 0 Å². The molecule has 0 spiro atoms. The minimum absolute atomic E-state index is 0.0215. The van der Waals surface area contributed by atoms with E-state index in [1.54, 1.807) is 0 Å². The molecule has 3 rings (SSSR count). The summed E-state index contributed by atoms with van der Waals surface area (Å²) >= 11 is 2.63. The summed E-state index contributed by atoms with van der Waals surface area (Å²) in [5, 5.41) is 1.05. The highest BCUT2D eigenvalue weighted by Gasteiger charge is 2.28. The van der Waals surface area contributed by atoms with Crippen molar-refractivity contribution in [2.24, 2.45) is 5.92 Å². The molecule has 1 aliphatic rings. The molecule has 0 aliphatic carbocycles. The van der Waals surface area contributed by atoms with Gasteiger partial charge in [0.15, 0.2) is 5.16 Å². The van der Waals surface area contributed by atoms with Gasteiger partial charge in [-0.1, -0.05) is 32.0 Å². The molecular formula is C17H21N3O4S2. The second kappa shape index (κ2) is 7.79. The number of fused-ring (bicyclic) bond motifs is 1. The number of thioether (sulfide) groups is 1. The molecule has 26 heavy (non-hydrogen) atoms. The van der Waals surface area contributed by atoms with Gasteiger partial charge in [-0.05, 0) is 24.8 Å². The molecule has 7 nitrogen and oxygen atoms in total. The first kappa shape index (κ1) is 18.9. The van der Waals surface area contributed by atoms with Gasteiger partial charge in [-0.2, -0.15) is 0 Å². The van der Waals surface area contributed by atoms with Crippen molar-refractivity contribution >= 4 is 45.3 Å². The number of aromatic nitrogens is 2. The highest BCUT2D eigenvalue weighted by molar-refractivity contribution is 7.99. The molecular weight excluding hydrogens is 374 g/mol. The van der Waals surface area contributed by atoms with Gasteiger partial charge in [-0.15, -0.1) is 11.3 Å². The average Bonchev–Trinajstić information content (AvgIpc) is 3.16. The van der Waals surface area contributed by atoms with Gasteiger partial charge in [-0.25, -0.2) is 14.7 Å². The van der Waals surface area contributed by atoms with E-state index in [4.69, 9.17) is 4.74 Å². The fourth-order valence-corrected chi connectivity index (χ4v) is 4.64. The summed E-state index contributed by atoms with van der Waals surface area (Å²) in [5.41, 5.74) is 0.897. The number of nitrogens with zero attached hydrogens (tertiary/aromatic N) is 2. The maximum absolute atomic E-state index is 12.6. The molecule has 3 heterocycles. The largest absolute Gasteiger partial charge is 0.447 e. The third kappa shape index (κ3) is 3.78. The minimum Gasteiger partial charge on any atom is -0.447 e. The number of imide groups is 1. The van der Waals surface area contributed by atoms with E-state index in [1.807, 2.05) is 6.92 Å². The van der Waals surface area contributed by atoms with Crippen LogP contribution in [0.4, 0.5) is 4.79 Å². The van der Waals surface area contributed by atoms with Gasteiger partial charge in [0.1, 0.15) is 11.4 Å². The van der Waals surface area contributed by atoms with Crippen molar-refractivity contribution in [2.75, 3.05) is 18.9 Å². The summed E-state index contributed by atoms with van der Waals surface area (Å²) in [6.07, 6.45) is 1.29. The molecule has 0 unspecified atom stereocenters. The Labute approximate surface area is 159 Å². The monoisotopic (exact) mass is 395 g/mol. The molecule has 140 valence electrons. The number of hydrogen-bond acceptors (Lipinski definition) is 7. The molecule has 1 saturated heterocycles. The summed E-state index contributed by atoms with van der Waals surface area (Å²) in [7, 11) is 0. The first-order valence-corrected chi connectivity index (χ1v) is 10.3. The lowest BCUT2D eigenvalue weighted by molar-refractivity contribution is -0.125. The van der Waals surface area contributed by atoms with Gasteiger partial charge in [0, 0.05) is 4.88 Å². The Bertz CT molecular complexity index is 905. The lowest BCUT2D eigenvalue weighted by atomic mass is 9.98. The topological polar surface area (TPSA) is 92.4 Å². The molecule has 9 heteroatoms. The smallest absolute Gasteiger partial charge is 0.416 e. The summed E-state index contributed by atoms with van der Waals surface area (Å²) < 4.78 is 4.76. The van der Waals surface area contributed by atoms with Crippen LogP contribution < -0.4 is 5.56 Å². The van der Waals surface area contributed by atoms with Crippen molar-refractivity contribution in [3.63, 3.8) is 0 Å². The molecule has 2 aromatic rings. The van der Waals surface area contributed by atoms with Crippen LogP contribution in [0.15, 0.2) is 9.95 Å². The zero-order valence-corrected chi connectivity index (χ0v) is 16.6. The summed E-state index contributed by atoms with van der Waals surface area (Å²) in [6, 6.07) is 0. The fraction of sp³-hybridized carbons (Fsp3) is 0.529. The summed E-state index contributed by atoms with van der Waals surface area (Å²) in [4.78, 5) is 46.2. The highest BCUT2D eigenvalue weighted by Crippen LogP contribution is 2.30. The van der Waals surface area contributed by atoms with Crippen LogP contribution in [0.2, 0.25) is 0 Å².